The zero-order chi connectivity index (χ0) is 12.9. The van der Waals surface area contributed by atoms with Crippen LogP contribution in [0.2, 0.25) is 0 Å². The first-order valence-corrected chi connectivity index (χ1v) is 5.66. The molecule has 0 radical (unpaired) electrons. The van der Waals surface area contributed by atoms with E-state index in [1.54, 1.807) is 33.1 Å². The minimum atomic E-state index is -1.01. The predicted octanol–water partition coefficient (Wildman–Crippen LogP) is 1.58. The molecule has 0 bridgehead atoms. The molecule has 0 aliphatic rings. The van der Waals surface area contributed by atoms with Crippen molar-refractivity contribution in [2.45, 2.75) is 19.4 Å². The number of hydrogen-bond donors (Lipinski definition) is 2. The van der Waals surface area contributed by atoms with Gasteiger partial charge in [0.15, 0.2) is 0 Å². The van der Waals surface area contributed by atoms with Crippen molar-refractivity contribution in [3.05, 3.63) is 35.1 Å². The third-order valence-electron chi connectivity index (χ3n) is 2.73. The molecule has 0 saturated heterocycles. The molecule has 0 fully saturated rings. The number of methoxy groups -OCH3 is 1. The second-order valence-corrected chi connectivity index (χ2v) is 4.41. The molecule has 0 aromatic heterocycles. The van der Waals surface area contributed by atoms with Gasteiger partial charge in [0.2, 0.25) is 0 Å². The van der Waals surface area contributed by atoms with E-state index >= 15 is 0 Å². The maximum Gasteiger partial charge on any atom is 0.126 e. The standard InChI is InChI=1S/C13H20FNO2/c1-10-8-11(4-5-12(10)14)13(2,16)9-15-6-7-17-3/h4-5,8,15-16H,6-7,9H2,1-3H3. The molecule has 0 saturated carbocycles. The molecule has 0 amide bonds. The number of benzene rings is 1. The predicted molar refractivity (Wildman–Crippen MR) is 65.5 cm³/mol. The van der Waals surface area contributed by atoms with Crippen LogP contribution in [0, 0.1) is 12.7 Å². The minimum absolute atomic E-state index is 0.253. The van der Waals surface area contributed by atoms with Gasteiger partial charge in [0.05, 0.1) is 12.2 Å². The van der Waals surface area contributed by atoms with Crippen LogP contribution in [0.5, 0.6) is 0 Å². The van der Waals surface area contributed by atoms with E-state index in [1.165, 1.54) is 6.07 Å². The lowest BCUT2D eigenvalue weighted by molar-refractivity contribution is 0.0548. The maximum absolute atomic E-state index is 13.1. The fourth-order valence-electron chi connectivity index (χ4n) is 1.59. The molecule has 17 heavy (non-hydrogen) atoms. The smallest absolute Gasteiger partial charge is 0.126 e. The summed E-state index contributed by atoms with van der Waals surface area (Å²) in [6.45, 7) is 5.07. The van der Waals surface area contributed by atoms with Crippen LogP contribution in [0.1, 0.15) is 18.1 Å². The molecule has 1 unspecified atom stereocenters. The molecule has 1 aromatic carbocycles. The number of halogens is 1. The van der Waals surface area contributed by atoms with Gasteiger partial charge in [-0.15, -0.1) is 0 Å². The van der Waals surface area contributed by atoms with Crippen molar-refractivity contribution >= 4 is 0 Å². The molecular weight excluding hydrogens is 221 g/mol. The van der Waals surface area contributed by atoms with E-state index in [9.17, 15) is 9.50 Å². The van der Waals surface area contributed by atoms with Gasteiger partial charge in [-0.2, -0.15) is 0 Å². The van der Waals surface area contributed by atoms with Gasteiger partial charge in [-0.3, -0.25) is 0 Å². The van der Waals surface area contributed by atoms with Crippen molar-refractivity contribution < 1.29 is 14.2 Å². The van der Waals surface area contributed by atoms with E-state index in [0.717, 1.165) is 0 Å². The lowest BCUT2D eigenvalue weighted by Crippen LogP contribution is -2.36. The van der Waals surface area contributed by atoms with Crippen LogP contribution in [0.3, 0.4) is 0 Å². The number of rotatable bonds is 6. The average Bonchev–Trinajstić information content (AvgIpc) is 2.28. The van der Waals surface area contributed by atoms with Crippen LogP contribution in [0.25, 0.3) is 0 Å². The van der Waals surface area contributed by atoms with Crippen LogP contribution in [0.4, 0.5) is 4.39 Å². The van der Waals surface area contributed by atoms with Crippen LogP contribution in [-0.4, -0.2) is 31.9 Å². The number of nitrogens with one attached hydrogen (secondary N) is 1. The Morgan fingerprint density at radius 2 is 2.18 bits per heavy atom. The van der Waals surface area contributed by atoms with Gasteiger partial charge in [-0.25, -0.2) is 4.39 Å². The Bertz CT molecular complexity index is 366. The number of aliphatic hydroxyl groups is 1. The van der Waals surface area contributed by atoms with Gasteiger partial charge in [0, 0.05) is 20.2 Å². The molecule has 4 heteroatoms. The van der Waals surface area contributed by atoms with Crippen molar-refractivity contribution in [1.82, 2.24) is 5.32 Å². The van der Waals surface area contributed by atoms with Gasteiger partial charge in [-0.05, 0) is 31.0 Å². The molecule has 1 aromatic rings. The van der Waals surface area contributed by atoms with Crippen LogP contribution >= 0.6 is 0 Å². The quantitative estimate of drug-likeness (QED) is 0.743. The van der Waals surface area contributed by atoms with Gasteiger partial charge >= 0.3 is 0 Å². The third-order valence-corrected chi connectivity index (χ3v) is 2.73. The summed E-state index contributed by atoms with van der Waals surface area (Å²) >= 11 is 0. The topological polar surface area (TPSA) is 41.5 Å². The Morgan fingerprint density at radius 3 is 2.76 bits per heavy atom. The molecule has 0 aliphatic carbocycles. The van der Waals surface area contributed by atoms with Gasteiger partial charge in [0.25, 0.3) is 0 Å². The maximum atomic E-state index is 13.1. The summed E-state index contributed by atoms with van der Waals surface area (Å²) in [7, 11) is 1.63. The minimum Gasteiger partial charge on any atom is -0.384 e. The number of hydrogen-bond acceptors (Lipinski definition) is 3. The fourth-order valence-corrected chi connectivity index (χ4v) is 1.59. The van der Waals surface area contributed by atoms with Crippen molar-refractivity contribution in [1.29, 1.82) is 0 Å². The molecule has 0 heterocycles. The van der Waals surface area contributed by atoms with E-state index in [2.05, 4.69) is 5.32 Å². The van der Waals surface area contributed by atoms with E-state index in [0.29, 0.717) is 30.8 Å². The zero-order valence-electron chi connectivity index (χ0n) is 10.6. The zero-order valence-corrected chi connectivity index (χ0v) is 10.6. The molecule has 96 valence electrons. The van der Waals surface area contributed by atoms with E-state index in [-0.39, 0.29) is 5.82 Å². The van der Waals surface area contributed by atoms with Crippen molar-refractivity contribution in [2.75, 3.05) is 26.8 Å². The van der Waals surface area contributed by atoms with E-state index in [4.69, 9.17) is 4.74 Å². The summed E-state index contributed by atoms with van der Waals surface area (Å²) in [4.78, 5) is 0. The summed E-state index contributed by atoms with van der Waals surface area (Å²) in [6.07, 6.45) is 0. The van der Waals surface area contributed by atoms with Crippen LogP contribution in [-0.2, 0) is 10.3 Å². The normalized spacial score (nSPS) is 14.6. The summed E-state index contributed by atoms with van der Waals surface area (Å²) in [5, 5.41) is 13.4. The fraction of sp³-hybridized carbons (Fsp3) is 0.538. The Hall–Kier alpha value is -0.970. The molecule has 1 atom stereocenters. The van der Waals surface area contributed by atoms with Gasteiger partial charge in [0.1, 0.15) is 5.82 Å². The van der Waals surface area contributed by atoms with Crippen LogP contribution in [0.15, 0.2) is 18.2 Å². The lowest BCUT2D eigenvalue weighted by Gasteiger charge is -2.24. The highest BCUT2D eigenvalue weighted by molar-refractivity contribution is 5.28. The molecule has 3 nitrogen and oxygen atoms in total. The Balaban J connectivity index is 2.64. The first-order valence-electron chi connectivity index (χ1n) is 5.66. The molecule has 0 spiro atoms. The Morgan fingerprint density at radius 1 is 1.47 bits per heavy atom. The highest BCUT2D eigenvalue weighted by atomic mass is 19.1. The molecule has 2 N–H and O–H groups in total. The van der Waals surface area contributed by atoms with Crippen LogP contribution < -0.4 is 5.32 Å². The lowest BCUT2D eigenvalue weighted by atomic mass is 9.94. The van der Waals surface area contributed by atoms with Gasteiger partial charge < -0.3 is 15.2 Å². The Labute approximate surface area is 102 Å². The number of ether oxygens (including phenoxy) is 1. The Kier molecular flexibility index (Phi) is 5.05. The van der Waals surface area contributed by atoms with Gasteiger partial charge in [-0.1, -0.05) is 12.1 Å². The second kappa shape index (κ2) is 6.10. The highest BCUT2D eigenvalue weighted by Gasteiger charge is 2.22. The van der Waals surface area contributed by atoms with Crippen molar-refractivity contribution in [2.24, 2.45) is 0 Å². The molecule has 1 rings (SSSR count). The van der Waals surface area contributed by atoms with E-state index in [1.807, 2.05) is 0 Å². The monoisotopic (exact) mass is 241 g/mol. The summed E-state index contributed by atoms with van der Waals surface area (Å²) in [5.74, 6) is -0.253. The number of aryl methyl sites for hydroxylation is 1. The average molecular weight is 241 g/mol. The first-order chi connectivity index (χ1) is 7.97. The largest absolute Gasteiger partial charge is 0.384 e. The second-order valence-electron chi connectivity index (χ2n) is 4.41. The molecule has 0 aliphatic heterocycles. The summed E-state index contributed by atoms with van der Waals surface area (Å²) in [5.41, 5.74) is 0.243. The molecular formula is C13H20FNO2. The first kappa shape index (κ1) is 14.1. The summed E-state index contributed by atoms with van der Waals surface area (Å²) in [6, 6.07) is 4.67. The van der Waals surface area contributed by atoms with E-state index < -0.39 is 5.60 Å². The third kappa shape index (κ3) is 4.07. The summed E-state index contributed by atoms with van der Waals surface area (Å²) < 4.78 is 18.0. The SMILES string of the molecule is COCCNCC(C)(O)c1ccc(F)c(C)c1. The van der Waals surface area contributed by atoms with Crippen molar-refractivity contribution in [3.63, 3.8) is 0 Å². The van der Waals surface area contributed by atoms with Crippen molar-refractivity contribution in [3.8, 4) is 0 Å². The highest BCUT2D eigenvalue weighted by Crippen LogP contribution is 2.21.